The van der Waals surface area contributed by atoms with Gasteiger partial charge in [-0.2, -0.15) is 5.26 Å². The third-order valence-corrected chi connectivity index (χ3v) is 1.32. The summed E-state index contributed by atoms with van der Waals surface area (Å²) in [5.41, 5.74) is 0. The van der Waals surface area contributed by atoms with Crippen LogP contribution in [0.3, 0.4) is 0 Å². The highest BCUT2D eigenvalue weighted by Gasteiger charge is 2.21. The molecule has 0 N–H and O–H groups in total. The van der Waals surface area contributed by atoms with Crippen molar-refractivity contribution < 1.29 is 9.53 Å². The zero-order valence-electron chi connectivity index (χ0n) is 4.96. The zero-order valence-corrected chi connectivity index (χ0v) is 4.96. The van der Waals surface area contributed by atoms with Crippen LogP contribution < -0.4 is 0 Å². The van der Waals surface area contributed by atoms with E-state index >= 15 is 0 Å². The van der Waals surface area contributed by atoms with Gasteiger partial charge >= 0.3 is 0 Å². The van der Waals surface area contributed by atoms with Crippen molar-refractivity contribution in [2.45, 2.75) is 6.42 Å². The molecule has 0 bridgehead atoms. The fourth-order valence-corrected chi connectivity index (χ4v) is 0.750. The van der Waals surface area contributed by atoms with Crippen LogP contribution in [0.5, 0.6) is 0 Å². The van der Waals surface area contributed by atoms with Crippen molar-refractivity contribution in [2.24, 2.45) is 5.92 Å². The molecule has 1 rings (SSSR count). The van der Waals surface area contributed by atoms with E-state index in [0.29, 0.717) is 13.0 Å². The molecule has 1 saturated heterocycles. The summed E-state index contributed by atoms with van der Waals surface area (Å²) >= 11 is 0. The fourth-order valence-electron chi connectivity index (χ4n) is 0.750. The SMILES string of the molecule is N#CC1COCCC1=O. The van der Waals surface area contributed by atoms with Gasteiger partial charge in [-0.15, -0.1) is 0 Å². The minimum atomic E-state index is -0.501. The van der Waals surface area contributed by atoms with Crippen LogP contribution in [0, 0.1) is 17.2 Å². The lowest BCUT2D eigenvalue weighted by Crippen LogP contribution is -2.25. The predicted molar refractivity (Wildman–Crippen MR) is 29.5 cm³/mol. The first-order valence-electron chi connectivity index (χ1n) is 2.84. The van der Waals surface area contributed by atoms with Crippen molar-refractivity contribution in [3.8, 4) is 6.07 Å². The summed E-state index contributed by atoms with van der Waals surface area (Å²) in [6, 6.07) is 1.88. The normalized spacial score (nSPS) is 27.4. The van der Waals surface area contributed by atoms with Gasteiger partial charge in [-0.05, 0) is 0 Å². The third kappa shape index (κ3) is 1.27. The quantitative estimate of drug-likeness (QED) is 0.462. The molecule has 48 valence electrons. The van der Waals surface area contributed by atoms with Crippen LogP contribution in [0.15, 0.2) is 0 Å². The Morgan fingerprint density at radius 3 is 3.00 bits per heavy atom. The number of nitriles is 1. The first-order chi connectivity index (χ1) is 4.34. The van der Waals surface area contributed by atoms with E-state index in [2.05, 4.69) is 0 Å². The number of rotatable bonds is 0. The van der Waals surface area contributed by atoms with Crippen LogP contribution in [-0.2, 0) is 9.53 Å². The molecule has 0 spiro atoms. The van der Waals surface area contributed by atoms with Gasteiger partial charge in [-0.25, -0.2) is 0 Å². The molecule has 3 nitrogen and oxygen atoms in total. The first kappa shape index (κ1) is 6.24. The highest BCUT2D eigenvalue weighted by atomic mass is 16.5. The van der Waals surface area contributed by atoms with Gasteiger partial charge in [-0.1, -0.05) is 0 Å². The van der Waals surface area contributed by atoms with Crippen LogP contribution in [0.4, 0.5) is 0 Å². The maximum Gasteiger partial charge on any atom is 0.154 e. The Hall–Kier alpha value is -0.880. The molecule has 0 saturated carbocycles. The smallest absolute Gasteiger partial charge is 0.154 e. The predicted octanol–water partition coefficient (Wildman–Crippen LogP) is 0.116. The Morgan fingerprint density at radius 1 is 1.78 bits per heavy atom. The molecule has 0 amide bonds. The van der Waals surface area contributed by atoms with Crippen LogP contribution in [0.25, 0.3) is 0 Å². The van der Waals surface area contributed by atoms with Crippen LogP contribution >= 0.6 is 0 Å². The molecule has 1 unspecified atom stereocenters. The Morgan fingerprint density at radius 2 is 2.56 bits per heavy atom. The maximum atomic E-state index is 10.7. The summed E-state index contributed by atoms with van der Waals surface area (Å²) < 4.78 is 4.90. The number of nitrogens with zero attached hydrogens (tertiary/aromatic N) is 1. The number of hydrogen-bond donors (Lipinski definition) is 0. The largest absolute Gasteiger partial charge is 0.379 e. The van der Waals surface area contributed by atoms with E-state index in [-0.39, 0.29) is 12.4 Å². The molecule has 0 aromatic carbocycles. The van der Waals surface area contributed by atoms with E-state index in [4.69, 9.17) is 10.00 Å². The second-order valence-corrected chi connectivity index (χ2v) is 1.97. The minimum absolute atomic E-state index is 0.0174. The van der Waals surface area contributed by atoms with E-state index < -0.39 is 5.92 Å². The average molecular weight is 125 g/mol. The second-order valence-electron chi connectivity index (χ2n) is 1.97. The lowest BCUT2D eigenvalue weighted by atomic mass is 10.0. The molecule has 0 aromatic heterocycles. The first-order valence-corrected chi connectivity index (χ1v) is 2.84. The molecule has 1 heterocycles. The molecule has 0 aliphatic carbocycles. The molecule has 0 aromatic rings. The number of ether oxygens (including phenoxy) is 1. The summed E-state index contributed by atoms with van der Waals surface area (Å²) in [6.07, 6.45) is 0.401. The van der Waals surface area contributed by atoms with Gasteiger partial charge in [-0.3, -0.25) is 4.79 Å². The highest BCUT2D eigenvalue weighted by molar-refractivity contribution is 5.83. The van der Waals surface area contributed by atoms with E-state index in [1.165, 1.54) is 0 Å². The summed E-state index contributed by atoms with van der Waals surface area (Å²) in [5.74, 6) is -0.484. The molecular weight excluding hydrogens is 118 g/mol. The van der Waals surface area contributed by atoms with Gasteiger partial charge in [0.25, 0.3) is 0 Å². The fraction of sp³-hybridized carbons (Fsp3) is 0.667. The van der Waals surface area contributed by atoms with Gasteiger partial charge in [0.15, 0.2) is 5.78 Å². The molecular formula is C6H7NO2. The average Bonchev–Trinajstić information content (AvgIpc) is 1.89. The van der Waals surface area contributed by atoms with Crippen LogP contribution in [0.2, 0.25) is 0 Å². The van der Waals surface area contributed by atoms with Crippen LogP contribution in [0.1, 0.15) is 6.42 Å². The number of Topliss-reactive ketones (excluding diaryl/α,β-unsaturated/α-hetero) is 1. The number of carbonyl (C=O) groups excluding carboxylic acids is 1. The molecule has 3 heteroatoms. The van der Waals surface area contributed by atoms with Gasteiger partial charge in [0.1, 0.15) is 5.92 Å². The van der Waals surface area contributed by atoms with E-state index in [1.54, 1.807) is 0 Å². The third-order valence-electron chi connectivity index (χ3n) is 1.32. The molecule has 1 aliphatic heterocycles. The Bertz CT molecular complexity index is 159. The lowest BCUT2D eigenvalue weighted by molar-refractivity contribution is -0.127. The van der Waals surface area contributed by atoms with Crippen molar-refractivity contribution >= 4 is 5.78 Å². The van der Waals surface area contributed by atoms with E-state index in [1.807, 2.05) is 6.07 Å². The van der Waals surface area contributed by atoms with Crippen molar-refractivity contribution in [2.75, 3.05) is 13.2 Å². The molecule has 0 radical (unpaired) electrons. The van der Waals surface area contributed by atoms with Crippen molar-refractivity contribution in [1.29, 1.82) is 5.26 Å². The molecule has 1 aliphatic rings. The summed E-state index contributed by atoms with van der Waals surface area (Å²) in [7, 11) is 0. The molecule has 1 atom stereocenters. The summed E-state index contributed by atoms with van der Waals surface area (Å²) in [5, 5.41) is 8.31. The van der Waals surface area contributed by atoms with Gasteiger partial charge in [0, 0.05) is 6.42 Å². The summed E-state index contributed by atoms with van der Waals surface area (Å²) in [6.45, 7) is 0.770. The second kappa shape index (κ2) is 2.60. The number of carbonyl (C=O) groups is 1. The maximum absolute atomic E-state index is 10.7. The monoisotopic (exact) mass is 125 g/mol. The topological polar surface area (TPSA) is 50.1 Å². The highest BCUT2D eigenvalue weighted by Crippen LogP contribution is 2.07. The van der Waals surface area contributed by atoms with Gasteiger partial charge in [0.2, 0.25) is 0 Å². The Kier molecular flexibility index (Phi) is 1.81. The van der Waals surface area contributed by atoms with Gasteiger partial charge in [0.05, 0.1) is 19.3 Å². The van der Waals surface area contributed by atoms with E-state index in [9.17, 15) is 4.79 Å². The zero-order chi connectivity index (χ0) is 6.69. The minimum Gasteiger partial charge on any atom is -0.379 e. The Labute approximate surface area is 53.2 Å². The van der Waals surface area contributed by atoms with Crippen molar-refractivity contribution in [3.63, 3.8) is 0 Å². The number of ketones is 1. The van der Waals surface area contributed by atoms with Crippen molar-refractivity contribution in [3.05, 3.63) is 0 Å². The van der Waals surface area contributed by atoms with Crippen molar-refractivity contribution in [1.82, 2.24) is 0 Å². The molecule has 9 heavy (non-hydrogen) atoms. The number of hydrogen-bond acceptors (Lipinski definition) is 3. The Balaban J connectivity index is 2.51. The van der Waals surface area contributed by atoms with Crippen LogP contribution in [-0.4, -0.2) is 19.0 Å². The molecule has 1 fully saturated rings. The van der Waals surface area contributed by atoms with E-state index in [0.717, 1.165) is 0 Å². The lowest BCUT2D eigenvalue weighted by Gasteiger charge is -2.13. The van der Waals surface area contributed by atoms with Gasteiger partial charge < -0.3 is 4.74 Å². The standard InChI is InChI=1S/C6H7NO2/c7-3-5-4-9-2-1-6(5)8/h5H,1-2,4H2. The summed E-state index contributed by atoms with van der Waals surface area (Å²) in [4.78, 5) is 10.7.